The maximum Gasteiger partial charge on any atom is 0.272 e. The predicted molar refractivity (Wildman–Crippen MR) is 154 cm³/mol. The molecule has 8 nitrogen and oxygen atoms in total. The van der Waals surface area contributed by atoms with Crippen LogP contribution in [0.3, 0.4) is 0 Å². The van der Waals surface area contributed by atoms with Crippen LogP contribution in [0.25, 0.3) is 6.08 Å². The van der Waals surface area contributed by atoms with Crippen molar-refractivity contribution in [1.29, 1.82) is 0 Å². The van der Waals surface area contributed by atoms with E-state index in [-0.39, 0.29) is 17.4 Å². The van der Waals surface area contributed by atoms with Gasteiger partial charge in [-0.3, -0.25) is 19.4 Å². The molecule has 0 fully saturated rings. The fourth-order valence-electron chi connectivity index (χ4n) is 3.45. The normalized spacial score (nSPS) is 10.8. The molecule has 0 aliphatic rings. The van der Waals surface area contributed by atoms with Gasteiger partial charge >= 0.3 is 0 Å². The van der Waals surface area contributed by atoms with Gasteiger partial charge in [-0.2, -0.15) is 0 Å². The number of methoxy groups -OCH3 is 1. The van der Waals surface area contributed by atoms with Crippen molar-refractivity contribution in [1.82, 2.24) is 10.3 Å². The number of anilines is 2. The lowest BCUT2D eigenvalue weighted by molar-refractivity contribution is -0.114. The van der Waals surface area contributed by atoms with Gasteiger partial charge < -0.3 is 20.7 Å². The van der Waals surface area contributed by atoms with E-state index in [9.17, 15) is 14.4 Å². The molecule has 0 atom stereocenters. The van der Waals surface area contributed by atoms with Crippen molar-refractivity contribution >= 4 is 46.9 Å². The maximum atomic E-state index is 13.2. The highest BCUT2D eigenvalue weighted by molar-refractivity contribution is 8.00. The number of ether oxygens (including phenoxy) is 1. The molecule has 0 aliphatic carbocycles. The number of thioether (sulfide) groups is 1. The van der Waals surface area contributed by atoms with Crippen molar-refractivity contribution < 1.29 is 19.1 Å². The fraction of sp³-hybridized carbons (Fsp3) is 0.0667. The monoisotopic (exact) mass is 538 g/mol. The summed E-state index contributed by atoms with van der Waals surface area (Å²) in [6.07, 6.45) is 4.81. The third-order valence-electron chi connectivity index (χ3n) is 5.38. The minimum atomic E-state index is -0.487. The second-order valence-electron chi connectivity index (χ2n) is 8.21. The molecule has 3 N–H and O–H groups in total. The number of nitrogens with zero attached hydrogens (tertiary/aromatic N) is 1. The van der Waals surface area contributed by atoms with Crippen molar-refractivity contribution in [3.63, 3.8) is 0 Å². The SMILES string of the molecule is COc1cccc(/C=C(\NC(=O)c2ccccc2)C(=O)Nc2ccc(SCC(=O)Nc3ccncc3)cc2)c1. The number of benzene rings is 3. The number of pyridine rings is 1. The summed E-state index contributed by atoms with van der Waals surface area (Å²) in [7, 11) is 1.56. The van der Waals surface area contributed by atoms with Crippen LogP contribution >= 0.6 is 11.8 Å². The number of hydrogen-bond donors (Lipinski definition) is 3. The first-order valence-corrected chi connectivity index (χ1v) is 12.9. The smallest absolute Gasteiger partial charge is 0.272 e. The average Bonchev–Trinajstić information content (AvgIpc) is 2.97. The number of hydrogen-bond acceptors (Lipinski definition) is 6. The van der Waals surface area contributed by atoms with Gasteiger partial charge in [0.1, 0.15) is 11.4 Å². The molecular formula is C30H26N4O4S. The second-order valence-corrected chi connectivity index (χ2v) is 9.25. The highest BCUT2D eigenvalue weighted by atomic mass is 32.2. The topological polar surface area (TPSA) is 109 Å². The summed E-state index contributed by atoms with van der Waals surface area (Å²) in [6, 6.07) is 26.4. The molecule has 4 aromatic rings. The van der Waals surface area contributed by atoms with Crippen molar-refractivity contribution in [3.8, 4) is 5.75 Å². The van der Waals surface area contributed by atoms with Crippen molar-refractivity contribution in [2.45, 2.75) is 4.90 Å². The summed E-state index contributed by atoms with van der Waals surface area (Å²) < 4.78 is 5.27. The third kappa shape index (κ3) is 8.31. The molecule has 0 radical (unpaired) electrons. The Kier molecular flexibility index (Phi) is 9.47. The van der Waals surface area contributed by atoms with Crippen LogP contribution in [0.1, 0.15) is 15.9 Å². The largest absolute Gasteiger partial charge is 0.497 e. The maximum absolute atomic E-state index is 13.2. The number of aromatic nitrogens is 1. The zero-order valence-electron chi connectivity index (χ0n) is 21.1. The van der Waals surface area contributed by atoms with Crippen LogP contribution < -0.4 is 20.7 Å². The quantitative estimate of drug-likeness (QED) is 0.188. The molecule has 196 valence electrons. The fourth-order valence-corrected chi connectivity index (χ4v) is 4.15. The second kappa shape index (κ2) is 13.6. The molecule has 3 aromatic carbocycles. The Morgan fingerprint density at radius 3 is 2.28 bits per heavy atom. The minimum absolute atomic E-state index is 0.0725. The van der Waals surface area contributed by atoms with Gasteiger partial charge in [0.15, 0.2) is 0 Å². The van der Waals surface area contributed by atoms with E-state index in [1.807, 2.05) is 18.2 Å². The first-order valence-electron chi connectivity index (χ1n) is 12.0. The van der Waals surface area contributed by atoms with Crippen LogP contribution in [-0.2, 0) is 9.59 Å². The van der Waals surface area contributed by atoms with Crippen LogP contribution in [0, 0.1) is 0 Å². The van der Waals surface area contributed by atoms with Crippen LogP contribution in [0.15, 0.2) is 114 Å². The Morgan fingerprint density at radius 2 is 1.56 bits per heavy atom. The molecule has 0 saturated heterocycles. The summed E-state index contributed by atoms with van der Waals surface area (Å²) in [4.78, 5) is 43.0. The van der Waals surface area contributed by atoms with E-state index in [4.69, 9.17) is 4.74 Å². The molecule has 0 saturated carbocycles. The van der Waals surface area contributed by atoms with Crippen LogP contribution in [-0.4, -0.2) is 35.6 Å². The van der Waals surface area contributed by atoms with Gasteiger partial charge in [0.25, 0.3) is 11.8 Å². The number of carbonyl (C=O) groups is 3. The molecule has 39 heavy (non-hydrogen) atoms. The zero-order chi connectivity index (χ0) is 27.5. The standard InChI is InChI=1S/C30H26N4O4S/c1-38-25-9-5-6-21(18-25)19-27(34-29(36)22-7-3-2-4-8-22)30(37)33-23-10-12-26(13-11-23)39-20-28(35)32-24-14-16-31-17-15-24/h2-19H,20H2,1H3,(H,33,37)(H,34,36)(H,31,32,35)/b27-19-. The summed E-state index contributed by atoms with van der Waals surface area (Å²) >= 11 is 1.37. The highest BCUT2D eigenvalue weighted by Crippen LogP contribution is 2.21. The van der Waals surface area contributed by atoms with E-state index < -0.39 is 11.8 Å². The summed E-state index contributed by atoms with van der Waals surface area (Å²) in [5.74, 6) is -0.172. The lowest BCUT2D eigenvalue weighted by Gasteiger charge is -2.12. The zero-order valence-corrected chi connectivity index (χ0v) is 21.9. The van der Waals surface area contributed by atoms with Gasteiger partial charge in [-0.15, -0.1) is 11.8 Å². The van der Waals surface area contributed by atoms with E-state index in [0.717, 1.165) is 4.90 Å². The summed E-state index contributed by atoms with van der Waals surface area (Å²) in [5.41, 5.74) is 2.41. The third-order valence-corrected chi connectivity index (χ3v) is 6.39. The minimum Gasteiger partial charge on any atom is -0.497 e. The number of amides is 3. The van der Waals surface area contributed by atoms with Gasteiger partial charge in [-0.05, 0) is 72.3 Å². The van der Waals surface area contributed by atoms with E-state index in [1.54, 1.807) is 98.4 Å². The molecular weight excluding hydrogens is 512 g/mol. The highest BCUT2D eigenvalue weighted by Gasteiger charge is 2.15. The van der Waals surface area contributed by atoms with Gasteiger partial charge in [0.2, 0.25) is 5.91 Å². The van der Waals surface area contributed by atoms with E-state index >= 15 is 0 Å². The first-order chi connectivity index (χ1) is 19.0. The first kappa shape index (κ1) is 27.2. The van der Waals surface area contributed by atoms with Gasteiger partial charge in [-0.25, -0.2) is 0 Å². The summed E-state index contributed by atoms with van der Waals surface area (Å²) in [6.45, 7) is 0. The number of carbonyl (C=O) groups excluding carboxylic acids is 3. The van der Waals surface area contributed by atoms with E-state index in [0.29, 0.717) is 28.3 Å². The van der Waals surface area contributed by atoms with Crippen LogP contribution in [0.2, 0.25) is 0 Å². The molecule has 0 spiro atoms. The molecule has 0 unspecified atom stereocenters. The van der Waals surface area contributed by atoms with Crippen molar-refractivity contribution in [2.75, 3.05) is 23.5 Å². The van der Waals surface area contributed by atoms with E-state index in [2.05, 4.69) is 20.9 Å². The number of rotatable bonds is 10. The van der Waals surface area contributed by atoms with Gasteiger partial charge in [-0.1, -0.05) is 30.3 Å². The Balaban J connectivity index is 1.42. The lowest BCUT2D eigenvalue weighted by Crippen LogP contribution is -2.30. The molecule has 0 bridgehead atoms. The van der Waals surface area contributed by atoms with E-state index in [1.165, 1.54) is 11.8 Å². The van der Waals surface area contributed by atoms with Gasteiger partial charge in [0.05, 0.1) is 12.9 Å². The Hall–Kier alpha value is -4.89. The Bertz CT molecular complexity index is 1460. The van der Waals surface area contributed by atoms with Crippen molar-refractivity contribution in [3.05, 3.63) is 120 Å². The molecule has 9 heteroatoms. The summed E-state index contributed by atoms with van der Waals surface area (Å²) in [5, 5.41) is 8.36. The average molecular weight is 539 g/mol. The Labute approximate surface area is 230 Å². The molecule has 1 aromatic heterocycles. The lowest BCUT2D eigenvalue weighted by atomic mass is 10.1. The van der Waals surface area contributed by atoms with Crippen molar-refractivity contribution in [2.24, 2.45) is 0 Å². The molecule has 4 rings (SSSR count). The molecule has 0 aliphatic heterocycles. The van der Waals surface area contributed by atoms with Gasteiger partial charge in [0, 0.05) is 34.2 Å². The molecule has 3 amide bonds. The van der Waals surface area contributed by atoms with Crippen LogP contribution in [0.5, 0.6) is 5.75 Å². The predicted octanol–water partition coefficient (Wildman–Crippen LogP) is 5.23. The van der Waals surface area contributed by atoms with Crippen LogP contribution in [0.4, 0.5) is 11.4 Å². The number of nitrogens with one attached hydrogen (secondary N) is 3. The molecule has 1 heterocycles. The Morgan fingerprint density at radius 1 is 0.846 bits per heavy atom.